The summed E-state index contributed by atoms with van der Waals surface area (Å²) in [5.41, 5.74) is 1.11. The van der Waals surface area contributed by atoms with Gasteiger partial charge >= 0.3 is 29.6 Å². The predicted octanol–water partition coefficient (Wildman–Crippen LogP) is 0.481. The van der Waals surface area contributed by atoms with Crippen LogP contribution in [0.25, 0.3) is 10.8 Å². The molecule has 20 heavy (non-hydrogen) atoms. The number of hydrogen-bond donors (Lipinski definition) is 0. The zero-order valence-corrected chi connectivity index (χ0v) is 14.7. The van der Waals surface area contributed by atoms with Crippen LogP contribution >= 0.6 is 0 Å². The molecule has 0 aliphatic heterocycles. The Morgan fingerprint density at radius 3 is 2.30 bits per heavy atom. The molecule has 0 aliphatic carbocycles. The van der Waals surface area contributed by atoms with Crippen molar-refractivity contribution in [3.8, 4) is 0 Å². The first-order valence-electron chi connectivity index (χ1n) is 6.50. The maximum absolute atomic E-state index is 11.3. The van der Waals surface area contributed by atoms with Gasteiger partial charge in [0, 0.05) is 0 Å². The van der Waals surface area contributed by atoms with E-state index in [4.69, 9.17) is 0 Å². The maximum atomic E-state index is 11.3. The Hall–Kier alpha value is -0.390. The number of benzene rings is 2. The molecule has 5 heteroatoms. The van der Waals surface area contributed by atoms with E-state index in [1.165, 1.54) is 6.07 Å². The summed E-state index contributed by atoms with van der Waals surface area (Å²) >= 11 is 0. The van der Waals surface area contributed by atoms with Gasteiger partial charge in [0.2, 0.25) is 0 Å². The first kappa shape index (κ1) is 17.7. The van der Waals surface area contributed by atoms with Gasteiger partial charge in [-0.3, -0.25) is 0 Å². The summed E-state index contributed by atoms with van der Waals surface area (Å²) in [5, 5.41) is 1.40. The second-order valence-corrected chi connectivity index (χ2v) is 6.03. The van der Waals surface area contributed by atoms with Gasteiger partial charge in [0.25, 0.3) is 0 Å². The van der Waals surface area contributed by atoms with E-state index in [1.807, 2.05) is 18.2 Å². The minimum absolute atomic E-state index is 0. The van der Waals surface area contributed by atoms with Crippen LogP contribution in [0.5, 0.6) is 0 Å². The summed E-state index contributed by atoms with van der Waals surface area (Å²) < 4.78 is 33.8. The van der Waals surface area contributed by atoms with Crippen LogP contribution in [0.4, 0.5) is 0 Å². The van der Waals surface area contributed by atoms with Crippen molar-refractivity contribution >= 4 is 20.9 Å². The van der Waals surface area contributed by atoms with Gasteiger partial charge in [0.05, 0.1) is 4.90 Å². The Morgan fingerprint density at radius 2 is 1.65 bits per heavy atom. The summed E-state index contributed by atoms with van der Waals surface area (Å²) in [6.07, 6.45) is 4.28. The molecule has 0 bridgehead atoms. The smallest absolute Gasteiger partial charge is 0.744 e. The van der Waals surface area contributed by atoms with Crippen molar-refractivity contribution in [1.29, 1.82) is 0 Å². The van der Waals surface area contributed by atoms with Crippen LogP contribution in [0, 0.1) is 0 Å². The summed E-state index contributed by atoms with van der Waals surface area (Å²) in [7, 11) is -4.42. The van der Waals surface area contributed by atoms with Crippen LogP contribution < -0.4 is 29.6 Å². The molecular formula is C15H17NaO3S. The molecule has 0 saturated heterocycles. The third-order valence-electron chi connectivity index (χ3n) is 3.29. The number of rotatable bonds is 5. The molecule has 0 aliphatic rings. The standard InChI is InChI=1S/C15H18O3S.Na/c1-2-3-4-7-12-8-5-10-14-13(12)9-6-11-15(14)19(16,17)18;/h5-6,8-11H,2-4,7H2,1H3,(H,16,17,18);/q;+1/p-1. The van der Waals surface area contributed by atoms with Gasteiger partial charge in [0.1, 0.15) is 10.1 Å². The third-order valence-corrected chi connectivity index (χ3v) is 4.19. The van der Waals surface area contributed by atoms with Crippen molar-refractivity contribution in [1.82, 2.24) is 0 Å². The normalized spacial score (nSPS) is 11.3. The van der Waals surface area contributed by atoms with Crippen LogP contribution in [-0.2, 0) is 16.5 Å². The van der Waals surface area contributed by atoms with E-state index in [9.17, 15) is 13.0 Å². The zero-order chi connectivity index (χ0) is 13.9. The summed E-state index contributed by atoms with van der Waals surface area (Å²) in [6, 6.07) is 10.4. The van der Waals surface area contributed by atoms with Crippen molar-refractivity contribution in [2.45, 2.75) is 37.5 Å². The van der Waals surface area contributed by atoms with E-state index in [1.54, 1.807) is 12.1 Å². The molecule has 0 amide bonds. The first-order chi connectivity index (χ1) is 9.04. The Bertz CT molecular complexity index is 681. The van der Waals surface area contributed by atoms with Crippen LogP contribution in [0.1, 0.15) is 31.7 Å². The third kappa shape index (κ3) is 4.06. The molecule has 102 valence electrons. The van der Waals surface area contributed by atoms with E-state index in [2.05, 4.69) is 6.92 Å². The molecule has 0 unspecified atom stereocenters. The zero-order valence-electron chi connectivity index (χ0n) is 11.9. The molecule has 2 aromatic rings. The van der Waals surface area contributed by atoms with Gasteiger partial charge < -0.3 is 4.55 Å². The van der Waals surface area contributed by atoms with Gasteiger partial charge in [0.15, 0.2) is 0 Å². The summed E-state index contributed by atoms with van der Waals surface area (Å²) in [5.74, 6) is 0. The molecule has 0 spiro atoms. The number of unbranched alkanes of at least 4 members (excludes halogenated alkanes) is 2. The second kappa shape index (κ2) is 7.57. The van der Waals surface area contributed by atoms with Crippen molar-refractivity contribution in [2.75, 3.05) is 0 Å². The predicted molar refractivity (Wildman–Crippen MR) is 75.1 cm³/mol. The molecule has 3 nitrogen and oxygen atoms in total. The van der Waals surface area contributed by atoms with Crippen LogP contribution in [0.2, 0.25) is 0 Å². The Morgan fingerprint density at radius 1 is 1.00 bits per heavy atom. The maximum Gasteiger partial charge on any atom is 1.00 e. The number of fused-ring (bicyclic) bond motifs is 1. The van der Waals surface area contributed by atoms with E-state index in [0.29, 0.717) is 5.39 Å². The molecule has 2 rings (SSSR count). The average Bonchev–Trinajstić information content (AvgIpc) is 2.37. The quantitative estimate of drug-likeness (QED) is 0.458. The van der Waals surface area contributed by atoms with Crippen molar-refractivity contribution in [2.24, 2.45) is 0 Å². The second-order valence-electron chi connectivity index (χ2n) is 4.68. The molecule has 0 aromatic heterocycles. The van der Waals surface area contributed by atoms with Crippen molar-refractivity contribution in [3.05, 3.63) is 42.0 Å². The first-order valence-corrected chi connectivity index (χ1v) is 7.91. The Balaban J connectivity index is 0.00000200. The molecule has 0 radical (unpaired) electrons. The summed E-state index contributed by atoms with van der Waals surface area (Å²) in [4.78, 5) is -0.123. The largest absolute Gasteiger partial charge is 1.00 e. The topological polar surface area (TPSA) is 57.2 Å². The van der Waals surface area contributed by atoms with Crippen LogP contribution in [0.3, 0.4) is 0 Å². The van der Waals surface area contributed by atoms with Gasteiger partial charge in [-0.1, -0.05) is 50.1 Å². The Labute approximate surface area is 142 Å². The van der Waals surface area contributed by atoms with Gasteiger partial charge in [-0.05, 0) is 35.2 Å². The van der Waals surface area contributed by atoms with Crippen LogP contribution in [0.15, 0.2) is 41.3 Å². The van der Waals surface area contributed by atoms with Crippen molar-refractivity contribution < 1.29 is 42.5 Å². The molecule has 0 atom stereocenters. The number of hydrogen-bond acceptors (Lipinski definition) is 3. The molecule has 0 heterocycles. The van der Waals surface area contributed by atoms with Gasteiger partial charge in [-0.15, -0.1) is 0 Å². The molecular weight excluding hydrogens is 283 g/mol. The minimum Gasteiger partial charge on any atom is -0.744 e. The fourth-order valence-electron chi connectivity index (χ4n) is 2.35. The Kier molecular flexibility index (Phi) is 6.69. The van der Waals surface area contributed by atoms with E-state index < -0.39 is 10.1 Å². The molecule has 0 fully saturated rings. The average molecular weight is 300 g/mol. The van der Waals surface area contributed by atoms with Gasteiger partial charge in [-0.25, -0.2) is 8.42 Å². The van der Waals surface area contributed by atoms with Crippen LogP contribution in [-0.4, -0.2) is 13.0 Å². The number of aryl methyl sites for hydroxylation is 1. The van der Waals surface area contributed by atoms with E-state index in [-0.39, 0.29) is 34.5 Å². The van der Waals surface area contributed by atoms with Gasteiger partial charge in [-0.2, -0.15) is 0 Å². The molecule has 0 N–H and O–H groups in total. The molecule has 2 aromatic carbocycles. The minimum atomic E-state index is -4.42. The summed E-state index contributed by atoms with van der Waals surface area (Å²) in [6.45, 7) is 2.14. The SMILES string of the molecule is CCCCCc1cccc2c(S(=O)(=O)[O-])cccc12.[Na+]. The van der Waals surface area contributed by atoms with E-state index >= 15 is 0 Å². The van der Waals surface area contributed by atoms with E-state index in [0.717, 1.165) is 36.6 Å². The fourth-order valence-corrected chi connectivity index (χ4v) is 3.04. The monoisotopic (exact) mass is 300 g/mol. The fraction of sp³-hybridized carbons (Fsp3) is 0.333. The van der Waals surface area contributed by atoms with Crippen molar-refractivity contribution in [3.63, 3.8) is 0 Å². The molecule has 0 saturated carbocycles.